The summed E-state index contributed by atoms with van der Waals surface area (Å²) in [6.07, 6.45) is 6.48. The summed E-state index contributed by atoms with van der Waals surface area (Å²) < 4.78 is 7.63. The first kappa shape index (κ1) is 21.4. The van der Waals surface area contributed by atoms with Crippen molar-refractivity contribution in [3.05, 3.63) is 72.7 Å². The van der Waals surface area contributed by atoms with Crippen molar-refractivity contribution in [1.82, 2.24) is 20.1 Å². The molecule has 2 aromatic heterocycles. The first-order chi connectivity index (χ1) is 16.5. The van der Waals surface area contributed by atoms with E-state index in [4.69, 9.17) is 4.74 Å². The van der Waals surface area contributed by atoms with E-state index in [1.807, 2.05) is 25.2 Å². The molecule has 1 saturated carbocycles. The SMILES string of the molecule is Cn1ncc2cc(NC(=O)Nc3ccc(Oc4ccnc(C(=O)NC5CCC5)c4)cc3)ccc21. The molecule has 0 aliphatic heterocycles. The Morgan fingerprint density at radius 3 is 2.50 bits per heavy atom. The van der Waals surface area contributed by atoms with Gasteiger partial charge in [0.2, 0.25) is 0 Å². The standard InChI is InChI=1S/C25H24N6O3/c1-31-23-10-7-19(13-16(23)15-27-31)30-25(33)29-18-5-8-20(9-6-18)34-21-11-12-26-22(14-21)24(32)28-17-3-2-4-17/h5-15,17H,2-4H2,1H3,(H,28,32)(H2,29,30,33). The van der Waals surface area contributed by atoms with Gasteiger partial charge in [-0.25, -0.2) is 4.79 Å². The summed E-state index contributed by atoms with van der Waals surface area (Å²) in [7, 11) is 1.87. The number of urea groups is 1. The highest BCUT2D eigenvalue weighted by atomic mass is 16.5. The van der Waals surface area contributed by atoms with Crippen LogP contribution in [0.2, 0.25) is 0 Å². The third kappa shape index (κ3) is 4.83. The maximum atomic E-state index is 12.4. The Bertz CT molecular complexity index is 1340. The zero-order valence-corrected chi connectivity index (χ0v) is 18.6. The molecule has 0 bridgehead atoms. The molecule has 9 nitrogen and oxygen atoms in total. The summed E-state index contributed by atoms with van der Waals surface area (Å²) >= 11 is 0. The summed E-state index contributed by atoms with van der Waals surface area (Å²) in [5.74, 6) is 0.894. The van der Waals surface area contributed by atoms with Gasteiger partial charge in [-0.1, -0.05) is 0 Å². The highest BCUT2D eigenvalue weighted by Gasteiger charge is 2.20. The Morgan fingerprint density at radius 1 is 0.971 bits per heavy atom. The van der Waals surface area contributed by atoms with Crippen LogP contribution in [0.1, 0.15) is 29.8 Å². The van der Waals surface area contributed by atoms with Crippen molar-refractivity contribution in [3.63, 3.8) is 0 Å². The number of carbonyl (C=O) groups excluding carboxylic acids is 2. The number of fused-ring (bicyclic) bond motifs is 1. The van der Waals surface area contributed by atoms with Crippen LogP contribution in [-0.2, 0) is 7.05 Å². The molecular formula is C25H24N6O3. The molecule has 0 spiro atoms. The number of aromatic nitrogens is 3. The molecule has 172 valence electrons. The number of carbonyl (C=O) groups is 2. The van der Waals surface area contributed by atoms with Crippen molar-refractivity contribution >= 4 is 34.2 Å². The monoisotopic (exact) mass is 456 g/mol. The van der Waals surface area contributed by atoms with Crippen LogP contribution in [0.4, 0.5) is 16.2 Å². The average molecular weight is 457 g/mol. The van der Waals surface area contributed by atoms with E-state index in [-0.39, 0.29) is 18.0 Å². The first-order valence-corrected chi connectivity index (χ1v) is 11.1. The van der Waals surface area contributed by atoms with Gasteiger partial charge in [0.05, 0.1) is 11.7 Å². The van der Waals surface area contributed by atoms with E-state index < -0.39 is 0 Å². The lowest BCUT2D eigenvalue weighted by Crippen LogP contribution is -2.39. The number of aryl methyl sites for hydroxylation is 1. The van der Waals surface area contributed by atoms with Crippen LogP contribution in [0.15, 0.2) is 67.0 Å². The molecule has 2 aromatic carbocycles. The third-order valence-electron chi connectivity index (χ3n) is 5.76. The summed E-state index contributed by atoms with van der Waals surface area (Å²) in [6, 6.07) is 15.8. The van der Waals surface area contributed by atoms with Crippen LogP contribution in [0, 0.1) is 0 Å². The van der Waals surface area contributed by atoms with E-state index in [0.29, 0.717) is 28.6 Å². The number of amides is 3. The minimum atomic E-state index is -0.354. The average Bonchev–Trinajstić information content (AvgIpc) is 3.17. The number of pyridine rings is 1. The Morgan fingerprint density at radius 2 is 1.74 bits per heavy atom. The number of benzene rings is 2. The number of ether oxygens (including phenoxy) is 1. The van der Waals surface area contributed by atoms with Gasteiger partial charge in [-0.15, -0.1) is 0 Å². The van der Waals surface area contributed by atoms with E-state index in [9.17, 15) is 9.59 Å². The first-order valence-electron chi connectivity index (χ1n) is 11.1. The maximum absolute atomic E-state index is 12.4. The number of hydrogen-bond acceptors (Lipinski definition) is 5. The van der Waals surface area contributed by atoms with E-state index in [1.54, 1.807) is 53.5 Å². The number of anilines is 2. The number of nitrogens with one attached hydrogen (secondary N) is 3. The van der Waals surface area contributed by atoms with Crippen molar-refractivity contribution in [2.45, 2.75) is 25.3 Å². The zero-order valence-electron chi connectivity index (χ0n) is 18.6. The second-order valence-corrected chi connectivity index (χ2v) is 8.23. The predicted molar refractivity (Wildman–Crippen MR) is 129 cm³/mol. The second kappa shape index (κ2) is 9.22. The number of rotatable bonds is 6. The Kier molecular flexibility index (Phi) is 5.82. The fraction of sp³-hybridized carbons (Fsp3) is 0.200. The van der Waals surface area contributed by atoms with Crippen LogP contribution < -0.4 is 20.7 Å². The molecule has 4 aromatic rings. The smallest absolute Gasteiger partial charge is 0.323 e. The van der Waals surface area contributed by atoms with Gasteiger partial charge in [0.15, 0.2) is 0 Å². The Hall–Kier alpha value is -4.40. The van der Waals surface area contributed by atoms with Crippen molar-refractivity contribution in [3.8, 4) is 11.5 Å². The molecule has 0 saturated heterocycles. The molecule has 1 aliphatic rings. The zero-order chi connectivity index (χ0) is 23.5. The van der Waals surface area contributed by atoms with Crippen molar-refractivity contribution < 1.29 is 14.3 Å². The molecule has 0 atom stereocenters. The summed E-state index contributed by atoms with van der Waals surface area (Å²) in [5.41, 5.74) is 2.60. The number of nitrogens with zero attached hydrogens (tertiary/aromatic N) is 3. The van der Waals surface area contributed by atoms with Crippen LogP contribution >= 0.6 is 0 Å². The molecule has 0 radical (unpaired) electrons. The minimum absolute atomic E-state index is 0.191. The van der Waals surface area contributed by atoms with Gasteiger partial charge in [0.25, 0.3) is 5.91 Å². The lowest BCUT2D eigenvalue weighted by atomic mass is 9.93. The fourth-order valence-corrected chi connectivity index (χ4v) is 3.69. The summed E-state index contributed by atoms with van der Waals surface area (Å²) in [4.78, 5) is 28.8. The van der Waals surface area contributed by atoms with Gasteiger partial charge in [-0.05, 0) is 67.8 Å². The molecule has 0 unspecified atom stereocenters. The molecular weight excluding hydrogens is 432 g/mol. The van der Waals surface area contributed by atoms with E-state index in [2.05, 4.69) is 26.0 Å². The largest absolute Gasteiger partial charge is 0.457 e. The molecule has 2 heterocycles. The summed E-state index contributed by atoms with van der Waals surface area (Å²) in [5, 5.41) is 13.7. The fourth-order valence-electron chi connectivity index (χ4n) is 3.69. The third-order valence-corrected chi connectivity index (χ3v) is 5.76. The molecule has 34 heavy (non-hydrogen) atoms. The lowest BCUT2D eigenvalue weighted by molar-refractivity contribution is 0.0911. The highest BCUT2D eigenvalue weighted by Crippen LogP contribution is 2.24. The Balaban J connectivity index is 1.17. The second-order valence-electron chi connectivity index (χ2n) is 8.23. The highest BCUT2D eigenvalue weighted by molar-refractivity contribution is 6.01. The van der Waals surface area contributed by atoms with E-state index in [1.165, 1.54) is 0 Å². The van der Waals surface area contributed by atoms with Gasteiger partial charge in [0, 0.05) is 42.1 Å². The quantitative estimate of drug-likeness (QED) is 0.390. The van der Waals surface area contributed by atoms with Crippen molar-refractivity contribution in [1.29, 1.82) is 0 Å². The van der Waals surface area contributed by atoms with Gasteiger partial charge in [-0.3, -0.25) is 14.5 Å². The topological polar surface area (TPSA) is 110 Å². The molecule has 9 heteroatoms. The molecule has 1 fully saturated rings. The van der Waals surface area contributed by atoms with Crippen LogP contribution in [0.25, 0.3) is 10.9 Å². The van der Waals surface area contributed by atoms with E-state index in [0.717, 1.165) is 30.2 Å². The van der Waals surface area contributed by atoms with Gasteiger partial charge >= 0.3 is 6.03 Å². The van der Waals surface area contributed by atoms with Gasteiger partial charge in [0.1, 0.15) is 17.2 Å². The normalized spacial score (nSPS) is 13.2. The maximum Gasteiger partial charge on any atom is 0.323 e. The van der Waals surface area contributed by atoms with Gasteiger partial charge < -0.3 is 20.7 Å². The molecule has 1 aliphatic carbocycles. The lowest BCUT2D eigenvalue weighted by Gasteiger charge is -2.26. The number of hydrogen-bond donors (Lipinski definition) is 3. The van der Waals surface area contributed by atoms with Crippen molar-refractivity contribution in [2.24, 2.45) is 7.05 Å². The molecule has 3 amide bonds. The summed E-state index contributed by atoms with van der Waals surface area (Å²) in [6.45, 7) is 0. The van der Waals surface area contributed by atoms with Gasteiger partial charge in [-0.2, -0.15) is 5.10 Å². The Labute approximate surface area is 196 Å². The minimum Gasteiger partial charge on any atom is -0.457 e. The molecule has 3 N–H and O–H groups in total. The van der Waals surface area contributed by atoms with Crippen LogP contribution in [0.5, 0.6) is 11.5 Å². The predicted octanol–water partition coefficient (Wildman–Crippen LogP) is 4.69. The van der Waals surface area contributed by atoms with Crippen LogP contribution in [-0.4, -0.2) is 32.7 Å². The molecule has 5 rings (SSSR count). The van der Waals surface area contributed by atoms with E-state index >= 15 is 0 Å². The van der Waals surface area contributed by atoms with Crippen molar-refractivity contribution in [2.75, 3.05) is 10.6 Å². The van der Waals surface area contributed by atoms with Crippen LogP contribution in [0.3, 0.4) is 0 Å².